The van der Waals surface area contributed by atoms with Crippen molar-refractivity contribution in [2.75, 3.05) is 32.8 Å². The summed E-state index contributed by atoms with van der Waals surface area (Å²) in [5, 5.41) is 5.83. The maximum atomic E-state index is 11.8. The van der Waals surface area contributed by atoms with Crippen LogP contribution in [0.4, 0.5) is 4.79 Å². The number of morpholine rings is 1. The zero-order chi connectivity index (χ0) is 15.2. The molecule has 0 saturated carbocycles. The van der Waals surface area contributed by atoms with Crippen LogP contribution in [-0.4, -0.2) is 54.4 Å². The van der Waals surface area contributed by atoms with E-state index >= 15 is 0 Å². The normalized spacial score (nSPS) is 17.5. The Morgan fingerprint density at radius 2 is 2.05 bits per heavy atom. The number of hydrogen-bond donors (Lipinski definition) is 2. The molecular formula is C15H26N4O2. The first-order valence-corrected chi connectivity index (χ1v) is 7.52. The summed E-state index contributed by atoms with van der Waals surface area (Å²) < 4.78 is 7.41. The average Bonchev–Trinajstić information content (AvgIpc) is 2.83. The minimum absolute atomic E-state index is 0.117. The summed E-state index contributed by atoms with van der Waals surface area (Å²) in [6.45, 7) is 8.81. The third kappa shape index (κ3) is 4.47. The molecule has 1 aromatic rings. The van der Waals surface area contributed by atoms with Crippen LogP contribution < -0.4 is 10.6 Å². The van der Waals surface area contributed by atoms with Crippen LogP contribution in [0.25, 0.3) is 0 Å². The van der Waals surface area contributed by atoms with Crippen molar-refractivity contribution in [2.24, 2.45) is 7.05 Å². The lowest BCUT2D eigenvalue weighted by molar-refractivity contribution is 0.0209. The fourth-order valence-corrected chi connectivity index (χ4v) is 2.47. The largest absolute Gasteiger partial charge is 0.379 e. The van der Waals surface area contributed by atoms with Crippen LogP contribution in [0.2, 0.25) is 0 Å². The summed E-state index contributed by atoms with van der Waals surface area (Å²) in [5.74, 6) is 0. The summed E-state index contributed by atoms with van der Waals surface area (Å²) >= 11 is 0. The van der Waals surface area contributed by atoms with Gasteiger partial charge in [0.15, 0.2) is 0 Å². The lowest BCUT2D eigenvalue weighted by Crippen LogP contribution is -2.48. The van der Waals surface area contributed by atoms with Crippen LogP contribution in [-0.2, 0) is 18.3 Å². The zero-order valence-electron chi connectivity index (χ0n) is 13.2. The molecule has 2 N–H and O–H groups in total. The van der Waals surface area contributed by atoms with E-state index in [9.17, 15) is 4.79 Å². The van der Waals surface area contributed by atoms with Crippen LogP contribution in [0, 0.1) is 6.92 Å². The van der Waals surface area contributed by atoms with E-state index in [4.69, 9.17) is 4.74 Å². The van der Waals surface area contributed by atoms with E-state index in [0.717, 1.165) is 32.0 Å². The van der Waals surface area contributed by atoms with Crippen molar-refractivity contribution in [3.8, 4) is 0 Å². The maximum Gasteiger partial charge on any atom is 0.315 e. The van der Waals surface area contributed by atoms with Gasteiger partial charge in [-0.2, -0.15) is 0 Å². The molecule has 1 fully saturated rings. The standard InChI is InChI=1S/C15H26N4O2/c1-12-4-5-14(18(12)3)11-17-15(20)16-10-13(2)19-6-8-21-9-7-19/h4-5,13H,6-11H2,1-3H3,(H2,16,17,20)/t13-/m1/s1. The lowest BCUT2D eigenvalue weighted by Gasteiger charge is -2.32. The van der Waals surface area contributed by atoms with Gasteiger partial charge in [0.25, 0.3) is 0 Å². The molecule has 0 aliphatic carbocycles. The summed E-state index contributed by atoms with van der Waals surface area (Å²) in [6, 6.07) is 4.30. The fraction of sp³-hybridized carbons (Fsp3) is 0.667. The highest BCUT2D eigenvalue weighted by molar-refractivity contribution is 5.73. The van der Waals surface area contributed by atoms with Gasteiger partial charge in [-0.05, 0) is 26.0 Å². The smallest absolute Gasteiger partial charge is 0.315 e. The third-order valence-corrected chi connectivity index (χ3v) is 4.13. The van der Waals surface area contributed by atoms with Crippen molar-refractivity contribution in [3.05, 3.63) is 23.5 Å². The minimum atomic E-state index is -0.117. The number of ether oxygens (including phenoxy) is 1. The molecule has 0 radical (unpaired) electrons. The molecule has 0 aromatic carbocycles. The fourth-order valence-electron chi connectivity index (χ4n) is 2.47. The summed E-state index contributed by atoms with van der Waals surface area (Å²) in [5.41, 5.74) is 2.29. The van der Waals surface area contributed by atoms with Gasteiger partial charge >= 0.3 is 6.03 Å². The van der Waals surface area contributed by atoms with E-state index in [1.54, 1.807) is 0 Å². The number of amides is 2. The molecular weight excluding hydrogens is 268 g/mol. The number of nitrogens with zero attached hydrogens (tertiary/aromatic N) is 2. The maximum absolute atomic E-state index is 11.8. The Morgan fingerprint density at radius 3 is 2.67 bits per heavy atom. The topological polar surface area (TPSA) is 58.5 Å². The van der Waals surface area contributed by atoms with E-state index < -0.39 is 0 Å². The van der Waals surface area contributed by atoms with Gasteiger partial charge in [0.1, 0.15) is 0 Å². The van der Waals surface area contributed by atoms with Crippen LogP contribution in [0.5, 0.6) is 0 Å². The number of nitrogens with one attached hydrogen (secondary N) is 2. The zero-order valence-corrected chi connectivity index (χ0v) is 13.2. The summed E-state index contributed by atoms with van der Waals surface area (Å²) in [7, 11) is 2.00. The highest BCUT2D eigenvalue weighted by Gasteiger charge is 2.17. The van der Waals surface area contributed by atoms with Crippen molar-refractivity contribution in [3.63, 3.8) is 0 Å². The lowest BCUT2D eigenvalue weighted by atomic mass is 10.2. The van der Waals surface area contributed by atoms with Gasteiger partial charge < -0.3 is 19.9 Å². The Hall–Kier alpha value is -1.53. The Morgan fingerprint density at radius 1 is 1.33 bits per heavy atom. The van der Waals surface area contributed by atoms with Gasteiger partial charge in [0.05, 0.1) is 19.8 Å². The predicted molar refractivity (Wildman–Crippen MR) is 82.2 cm³/mol. The van der Waals surface area contributed by atoms with Crippen molar-refractivity contribution < 1.29 is 9.53 Å². The average molecular weight is 294 g/mol. The van der Waals surface area contributed by atoms with Gasteiger partial charge in [0.2, 0.25) is 0 Å². The number of urea groups is 1. The Labute approximate surface area is 126 Å². The first-order chi connectivity index (χ1) is 10.1. The molecule has 1 aliphatic rings. The molecule has 0 spiro atoms. The highest BCUT2D eigenvalue weighted by atomic mass is 16.5. The Kier molecular flexibility index (Phi) is 5.64. The van der Waals surface area contributed by atoms with Gasteiger partial charge in [-0.1, -0.05) is 0 Å². The molecule has 6 nitrogen and oxygen atoms in total. The van der Waals surface area contributed by atoms with Crippen molar-refractivity contribution >= 4 is 6.03 Å². The molecule has 0 unspecified atom stereocenters. The monoisotopic (exact) mass is 294 g/mol. The number of hydrogen-bond acceptors (Lipinski definition) is 3. The summed E-state index contributed by atoms with van der Waals surface area (Å²) in [6.07, 6.45) is 0. The number of carbonyl (C=O) groups excluding carboxylic acids is 1. The second kappa shape index (κ2) is 7.47. The van der Waals surface area contributed by atoms with E-state index in [1.807, 2.05) is 20.0 Å². The predicted octanol–water partition coefficient (Wildman–Crippen LogP) is 0.853. The molecule has 1 saturated heterocycles. The number of aryl methyl sites for hydroxylation is 1. The number of rotatable bonds is 5. The van der Waals surface area contributed by atoms with Crippen LogP contribution in [0.15, 0.2) is 12.1 Å². The SMILES string of the molecule is Cc1ccc(CNC(=O)NC[C@@H](C)N2CCOCC2)n1C. The van der Waals surface area contributed by atoms with Gasteiger partial charge in [-0.3, -0.25) is 4.90 Å². The van der Waals surface area contributed by atoms with Crippen LogP contribution in [0.1, 0.15) is 18.3 Å². The van der Waals surface area contributed by atoms with Gasteiger partial charge in [-0.15, -0.1) is 0 Å². The Bertz CT molecular complexity index is 466. The molecule has 1 atom stereocenters. The first-order valence-electron chi connectivity index (χ1n) is 7.52. The number of aromatic nitrogens is 1. The first kappa shape index (κ1) is 15.9. The highest BCUT2D eigenvalue weighted by Crippen LogP contribution is 2.05. The van der Waals surface area contributed by atoms with Crippen molar-refractivity contribution in [1.29, 1.82) is 0 Å². The summed E-state index contributed by atoms with van der Waals surface area (Å²) in [4.78, 5) is 14.2. The molecule has 0 bridgehead atoms. The van der Waals surface area contributed by atoms with Crippen molar-refractivity contribution in [1.82, 2.24) is 20.1 Å². The van der Waals surface area contributed by atoms with E-state index in [0.29, 0.717) is 19.1 Å². The van der Waals surface area contributed by atoms with E-state index in [2.05, 4.69) is 33.1 Å². The molecule has 6 heteroatoms. The molecule has 1 aromatic heterocycles. The van der Waals surface area contributed by atoms with Gasteiger partial charge in [-0.25, -0.2) is 4.79 Å². The second-order valence-corrected chi connectivity index (χ2v) is 5.59. The quantitative estimate of drug-likeness (QED) is 0.846. The molecule has 118 valence electrons. The van der Waals surface area contributed by atoms with E-state index in [1.165, 1.54) is 5.69 Å². The molecule has 1 aliphatic heterocycles. The second-order valence-electron chi connectivity index (χ2n) is 5.59. The molecule has 2 heterocycles. The Balaban J connectivity index is 1.68. The number of carbonyl (C=O) groups is 1. The van der Waals surface area contributed by atoms with Crippen LogP contribution in [0.3, 0.4) is 0 Å². The van der Waals surface area contributed by atoms with Gasteiger partial charge in [0, 0.05) is 44.1 Å². The van der Waals surface area contributed by atoms with Crippen LogP contribution >= 0.6 is 0 Å². The minimum Gasteiger partial charge on any atom is -0.379 e. The molecule has 2 amide bonds. The van der Waals surface area contributed by atoms with E-state index in [-0.39, 0.29) is 6.03 Å². The molecule has 2 rings (SSSR count). The van der Waals surface area contributed by atoms with Crippen molar-refractivity contribution in [2.45, 2.75) is 26.4 Å². The molecule has 21 heavy (non-hydrogen) atoms. The third-order valence-electron chi connectivity index (χ3n) is 4.13.